The van der Waals surface area contributed by atoms with Crippen molar-refractivity contribution in [2.45, 2.75) is 20.0 Å². The molecule has 0 N–H and O–H groups in total. The van der Waals surface area contributed by atoms with E-state index in [9.17, 15) is 14.9 Å². The molecule has 0 fully saturated rings. The quantitative estimate of drug-likeness (QED) is 0.210. The van der Waals surface area contributed by atoms with Crippen molar-refractivity contribution >= 4 is 33.8 Å². The highest BCUT2D eigenvalue weighted by molar-refractivity contribution is 6.26. The Labute approximate surface area is 212 Å². The van der Waals surface area contributed by atoms with E-state index in [0.29, 0.717) is 22.6 Å². The third kappa shape index (κ3) is 3.74. The standard InChI is InChI=1S/C29H22N4O4/c1-17-12-13-25-22(14-17)26(27(29(34)37-25)19-8-4-3-5-9-19)20-15-21-18(2)31-32(28(21)30-16-20)23-10-6-7-11-24(23)33(35)36/h3-16,22,25H,1-2H3. The molecule has 4 aromatic rings. The predicted molar refractivity (Wildman–Crippen MR) is 140 cm³/mol. The molecule has 2 atom stereocenters. The van der Waals surface area contributed by atoms with Gasteiger partial charge in [-0.05, 0) is 48.8 Å². The highest BCUT2D eigenvalue weighted by Crippen LogP contribution is 2.43. The van der Waals surface area contributed by atoms with Crippen LogP contribution in [0.5, 0.6) is 0 Å². The van der Waals surface area contributed by atoms with Crippen LogP contribution < -0.4 is 0 Å². The lowest BCUT2D eigenvalue weighted by molar-refractivity contribution is -0.384. The van der Waals surface area contributed by atoms with Crippen molar-refractivity contribution in [1.29, 1.82) is 0 Å². The number of esters is 1. The number of carbonyl (C=O) groups is 1. The molecule has 2 aliphatic rings. The Bertz CT molecular complexity index is 1680. The van der Waals surface area contributed by atoms with Crippen molar-refractivity contribution in [3.05, 3.63) is 118 Å². The van der Waals surface area contributed by atoms with Crippen LogP contribution in [0, 0.1) is 23.0 Å². The van der Waals surface area contributed by atoms with Crippen LogP contribution in [-0.4, -0.2) is 31.8 Å². The van der Waals surface area contributed by atoms with Crippen molar-refractivity contribution in [1.82, 2.24) is 14.8 Å². The average molecular weight is 491 g/mol. The number of hydrogen-bond donors (Lipinski definition) is 0. The molecule has 182 valence electrons. The molecule has 1 aliphatic carbocycles. The van der Waals surface area contributed by atoms with Gasteiger partial charge >= 0.3 is 5.97 Å². The molecule has 2 aromatic carbocycles. The first-order valence-electron chi connectivity index (χ1n) is 11.9. The smallest absolute Gasteiger partial charge is 0.339 e. The number of nitrogens with zero attached hydrogens (tertiary/aromatic N) is 4. The Morgan fingerprint density at radius 1 is 1.03 bits per heavy atom. The normalized spacial score (nSPS) is 19.0. The first-order valence-corrected chi connectivity index (χ1v) is 11.9. The van der Waals surface area contributed by atoms with Crippen LogP contribution in [0.15, 0.2) is 90.7 Å². The van der Waals surface area contributed by atoms with E-state index in [4.69, 9.17) is 9.72 Å². The van der Waals surface area contributed by atoms with E-state index in [1.807, 2.05) is 62.4 Å². The fourth-order valence-electron chi connectivity index (χ4n) is 5.09. The maximum atomic E-state index is 13.3. The Kier molecular flexibility index (Phi) is 5.30. The molecular formula is C29H22N4O4. The summed E-state index contributed by atoms with van der Waals surface area (Å²) in [7, 11) is 0. The number of pyridine rings is 1. The van der Waals surface area contributed by atoms with Crippen LogP contribution in [-0.2, 0) is 9.53 Å². The second-order valence-electron chi connectivity index (χ2n) is 9.16. The highest BCUT2D eigenvalue weighted by Gasteiger charge is 2.38. The fraction of sp³-hybridized carbons (Fsp3) is 0.138. The summed E-state index contributed by atoms with van der Waals surface area (Å²) in [5.74, 6) is -0.560. The zero-order chi connectivity index (χ0) is 25.7. The van der Waals surface area contributed by atoms with Gasteiger partial charge in [-0.15, -0.1) is 0 Å². The third-order valence-electron chi connectivity index (χ3n) is 6.78. The molecule has 0 bridgehead atoms. The summed E-state index contributed by atoms with van der Waals surface area (Å²) in [5.41, 5.74) is 5.44. The fourth-order valence-corrected chi connectivity index (χ4v) is 5.09. The number of benzene rings is 2. The molecule has 6 rings (SSSR count). The van der Waals surface area contributed by atoms with E-state index in [1.54, 1.807) is 24.4 Å². The molecule has 8 nitrogen and oxygen atoms in total. The molecule has 2 aromatic heterocycles. The summed E-state index contributed by atoms with van der Waals surface area (Å²) >= 11 is 0. The van der Waals surface area contributed by atoms with Gasteiger partial charge in [-0.2, -0.15) is 5.10 Å². The number of rotatable bonds is 4. The van der Waals surface area contributed by atoms with Crippen LogP contribution in [0.1, 0.15) is 23.7 Å². The number of para-hydroxylation sites is 2. The van der Waals surface area contributed by atoms with Gasteiger partial charge in [0.15, 0.2) is 5.65 Å². The van der Waals surface area contributed by atoms with Gasteiger partial charge in [-0.25, -0.2) is 14.5 Å². The number of allylic oxidation sites excluding steroid dienone is 2. The SMILES string of the molecule is CC1=CC2C(c3cnc4c(c3)c(C)nn4-c3ccccc3[N+](=O)[O-])=C(c3ccccc3)C(=O)OC2C=C1. The van der Waals surface area contributed by atoms with Crippen LogP contribution in [0.2, 0.25) is 0 Å². The van der Waals surface area contributed by atoms with Gasteiger partial charge in [0.25, 0.3) is 5.69 Å². The lowest BCUT2D eigenvalue weighted by Crippen LogP contribution is -2.33. The third-order valence-corrected chi connectivity index (χ3v) is 6.78. The lowest BCUT2D eigenvalue weighted by Gasteiger charge is -2.34. The van der Waals surface area contributed by atoms with E-state index in [-0.39, 0.29) is 17.6 Å². The molecule has 3 heterocycles. The van der Waals surface area contributed by atoms with Crippen molar-refractivity contribution in [2.24, 2.45) is 5.92 Å². The largest absolute Gasteiger partial charge is 0.454 e. The zero-order valence-corrected chi connectivity index (χ0v) is 20.2. The van der Waals surface area contributed by atoms with Crippen molar-refractivity contribution in [3.63, 3.8) is 0 Å². The Morgan fingerprint density at radius 2 is 1.78 bits per heavy atom. The van der Waals surface area contributed by atoms with E-state index in [1.165, 1.54) is 10.7 Å². The van der Waals surface area contributed by atoms with Gasteiger partial charge in [0.1, 0.15) is 11.8 Å². The summed E-state index contributed by atoms with van der Waals surface area (Å²) in [6.45, 7) is 3.86. The molecule has 1 aliphatic heterocycles. The molecule has 0 spiro atoms. The number of aromatic nitrogens is 3. The molecular weight excluding hydrogens is 468 g/mol. The number of carbonyl (C=O) groups excluding carboxylic acids is 1. The van der Waals surface area contributed by atoms with Gasteiger partial charge < -0.3 is 4.74 Å². The van der Waals surface area contributed by atoms with E-state index >= 15 is 0 Å². The first-order chi connectivity index (χ1) is 17.9. The minimum atomic E-state index is -0.428. The molecule has 0 radical (unpaired) electrons. The van der Waals surface area contributed by atoms with E-state index < -0.39 is 11.0 Å². The first kappa shape index (κ1) is 22.6. The number of hydrogen-bond acceptors (Lipinski definition) is 6. The number of fused-ring (bicyclic) bond motifs is 2. The van der Waals surface area contributed by atoms with Crippen molar-refractivity contribution < 1.29 is 14.5 Å². The Morgan fingerprint density at radius 3 is 2.57 bits per heavy atom. The lowest BCUT2D eigenvalue weighted by atomic mass is 9.78. The number of ether oxygens (including phenoxy) is 1. The van der Waals surface area contributed by atoms with E-state index in [2.05, 4.69) is 11.2 Å². The molecule has 0 saturated carbocycles. The second-order valence-corrected chi connectivity index (χ2v) is 9.16. The predicted octanol–water partition coefficient (Wildman–Crippen LogP) is 5.61. The highest BCUT2D eigenvalue weighted by atomic mass is 16.6. The molecule has 0 saturated heterocycles. The summed E-state index contributed by atoms with van der Waals surface area (Å²) < 4.78 is 7.34. The van der Waals surface area contributed by atoms with Crippen LogP contribution in [0.3, 0.4) is 0 Å². The summed E-state index contributed by atoms with van der Waals surface area (Å²) in [4.78, 5) is 29.2. The summed E-state index contributed by atoms with van der Waals surface area (Å²) in [6, 6.07) is 17.9. The van der Waals surface area contributed by atoms with Gasteiger partial charge in [-0.3, -0.25) is 10.1 Å². The second kappa shape index (κ2) is 8.67. The Hall–Kier alpha value is -4.85. The Balaban J connectivity index is 1.59. The monoisotopic (exact) mass is 490 g/mol. The number of aryl methyl sites for hydroxylation is 1. The van der Waals surface area contributed by atoms with Gasteiger partial charge in [0.05, 0.1) is 16.2 Å². The van der Waals surface area contributed by atoms with Gasteiger partial charge in [-0.1, -0.05) is 60.2 Å². The van der Waals surface area contributed by atoms with Crippen LogP contribution >= 0.6 is 0 Å². The van der Waals surface area contributed by atoms with Crippen molar-refractivity contribution in [2.75, 3.05) is 0 Å². The van der Waals surface area contributed by atoms with Gasteiger partial charge in [0, 0.05) is 23.6 Å². The number of nitro groups is 1. The zero-order valence-electron chi connectivity index (χ0n) is 20.2. The molecule has 8 heteroatoms. The van der Waals surface area contributed by atoms with Gasteiger partial charge in [0.2, 0.25) is 0 Å². The summed E-state index contributed by atoms with van der Waals surface area (Å²) in [6.07, 6.45) is 7.30. The average Bonchev–Trinajstić information content (AvgIpc) is 3.24. The van der Waals surface area contributed by atoms with Crippen LogP contribution in [0.25, 0.3) is 27.9 Å². The minimum absolute atomic E-state index is 0.0562. The minimum Gasteiger partial charge on any atom is -0.454 e. The van der Waals surface area contributed by atoms with E-state index in [0.717, 1.165) is 27.7 Å². The molecule has 2 unspecified atom stereocenters. The van der Waals surface area contributed by atoms with Crippen molar-refractivity contribution in [3.8, 4) is 5.69 Å². The summed E-state index contributed by atoms with van der Waals surface area (Å²) in [5, 5.41) is 17.0. The maximum absolute atomic E-state index is 13.3. The molecule has 0 amide bonds. The van der Waals surface area contributed by atoms with Crippen LogP contribution in [0.4, 0.5) is 5.69 Å². The maximum Gasteiger partial charge on any atom is 0.339 e. The topological polar surface area (TPSA) is 100 Å². The number of nitro benzene ring substituents is 1. The molecule has 37 heavy (non-hydrogen) atoms.